The number of halogens is 1. The number of hydrogen-bond donors (Lipinski definition) is 1. The van der Waals surface area contributed by atoms with Crippen LogP contribution in [0.3, 0.4) is 0 Å². The van der Waals surface area contributed by atoms with Crippen molar-refractivity contribution in [3.05, 3.63) is 23.5 Å². The average molecular weight is 194 g/mol. The molecule has 0 spiro atoms. The zero-order chi connectivity index (χ0) is 10.3. The van der Waals surface area contributed by atoms with Gasteiger partial charge in [0.25, 0.3) is 0 Å². The first-order chi connectivity index (χ1) is 6.61. The van der Waals surface area contributed by atoms with Crippen molar-refractivity contribution in [2.45, 2.75) is 12.8 Å². The topological polar surface area (TPSA) is 46.3 Å². The fourth-order valence-corrected chi connectivity index (χ4v) is 1.77. The molecule has 1 aromatic carbocycles. The van der Waals surface area contributed by atoms with Crippen LogP contribution in [0, 0.1) is 5.82 Å². The lowest BCUT2D eigenvalue weighted by molar-refractivity contribution is -0.118. The van der Waals surface area contributed by atoms with Crippen molar-refractivity contribution in [3.8, 4) is 0 Å². The monoisotopic (exact) mass is 194 g/mol. The van der Waals surface area contributed by atoms with Gasteiger partial charge in [-0.3, -0.25) is 4.79 Å². The normalized spacial score (nSPS) is 15.6. The van der Waals surface area contributed by atoms with E-state index in [2.05, 4.69) is 0 Å². The van der Waals surface area contributed by atoms with E-state index in [-0.39, 0.29) is 11.7 Å². The first-order valence-corrected chi connectivity index (χ1v) is 4.44. The Morgan fingerprint density at radius 2 is 2.14 bits per heavy atom. The van der Waals surface area contributed by atoms with Gasteiger partial charge in [-0.2, -0.15) is 0 Å². The van der Waals surface area contributed by atoms with E-state index in [0.717, 1.165) is 5.56 Å². The van der Waals surface area contributed by atoms with E-state index in [1.807, 2.05) is 0 Å². The predicted molar refractivity (Wildman–Crippen MR) is 52.5 cm³/mol. The molecule has 0 atom stereocenters. The number of carbonyl (C=O) groups is 1. The van der Waals surface area contributed by atoms with Gasteiger partial charge in [0.05, 0.1) is 5.69 Å². The van der Waals surface area contributed by atoms with E-state index in [1.165, 1.54) is 17.0 Å². The van der Waals surface area contributed by atoms with E-state index >= 15 is 0 Å². The number of nitrogen functional groups attached to an aromatic ring is 1. The summed E-state index contributed by atoms with van der Waals surface area (Å²) in [6.07, 6.45) is 0.930. The quantitative estimate of drug-likeness (QED) is 0.633. The van der Waals surface area contributed by atoms with Crippen molar-refractivity contribution in [2.24, 2.45) is 0 Å². The van der Waals surface area contributed by atoms with Gasteiger partial charge in [-0.05, 0) is 18.6 Å². The van der Waals surface area contributed by atoms with E-state index in [1.54, 1.807) is 7.05 Å². The summed E-state index contributed by atoms with van der Waals surface area (Å²) in [6, 6.07) is 2.83. The molecule has 2 N–H and O–H groups in total. The van der Waals surface area contributed by atoms with E-state index < -0.39 is 0 Å². The molecule has 14 heavy (non-hydrogen) atoms. The molecule has 1 heterocycles. The molecule has 4 heteroatoms. The Bertz CT molecular complexity index is 403. The average Bonchev–Trinajstić information content (AvgIpc) is 2.16. The van der Waals surface area contributed by atoms with Gasteiger partial charge < -0.3 is 10.6 Å². The molecule has 0 aliphatic carbocycles. The third-order valence-electron chi connectivity index (χ3n) is 2.57. The van der Waals surface area contributed by atoms with Crippen LogP contribution in [-0.4, -0.2) is 13.0 Å². The molecular formula is C10H11FN2O. The Morgan fingerprint density at radius 1 is 1.43 bits per heavy atom. The maximum Gasteiger partial charge on any atom is 0.227 e. The molecule has 0 saturated carbocycles. The number of amides is 1. The van der Waals surface area contributed by atoms with Gasteiger partial charge in [0, 0.05) is 24.7 Å². The van der Waals surface area contributed by atoms with E-state index in [0.29, 0.717) is 24.2 Å². The fourth-order valence-electron chi connectivity index (χ4n) is 1.77. The molecule has 1 aromatic rings. The minimum atomic E-state index is -0.384. The summed E-state index contributed by atoms with van der Waals surface area (Å²) < 4.78 is 13.4. The summed E-state index contributed by atoms with van der Waals surface area (Å²) in [5.74, 6) is -0.452. The molecule has 1 aliphatic rings. The van der Waals surface area contributed by atoms with Gasteiger partial charge in [0.15, 0.2) is 0 Å². The van der Waals surface area contributed by atoms with Gasteiger partial charge in [0.1, 0.15) is 5.82 Å². The first kappa shape index (κ1) is 8.99. The van der Waals surface area contributed by atoms with E-state index in [9.17, 15) is 9.18 Å². The largest absolute Gasteiger partial charge is 0.398 e. The summed E-state index contributed by atoms with van der Waals surface area (Å²) in [5.41, 5.74) is 7.35. The number of benzene rings is 1. The minimum Gasteiger partial charge on any atom is -0.398 e. The minimum absolute atomic E-state index is 0.0676. The van der Waals surface area contributed by atoms with Crippen LogP contribution in [-0.2, 0) is 11.2 Å². The second-order valence-electron chi connectivity index (χ2n) is 3.42. The van der Waals surface area contributed by atoms with Crippen molar-refractivity contribution in [3.63, 3.8) is 0 Å². The predicted octanol–water partition coefficient (Wildman–Crippen LogP) is 1.32. The number of rotatable bonds is 0. The summed E-state index contributed by atoms with van der Waals surface area (Å²) in [6.45, 7) is 0. The lowest BCUT2D eigenvalue weighted by Crippen LogP contribution is -2.32. The lowest BCUT2D eigenvalue weighted by atomic mass is 9.99. The van der Waals surface area contributed by atoms with Crippen molar-refractivity contribution < 1.29 is 9.18 Å². The molecule has 74 valence electrons. The highest BCUT2D eigenvalue weighted by Crippen LogP contribution is 2.33. The summed E-state index contributed by atoms with van der Waals surface area (Å²) in [7, 11) is 1.57. The van der Waals surface area contributed by atoms with Crippen LogP contribution in [0.2, 0.25) is 0 Å². The lowest BCUT2D eigenvalue weighted by Gasteiger charge is -2.26. The fraction of sp³-hybridized carbons (Fsp3) is 0.300. The smallest absolute Gasteiger partial charge is 0.227 e. The molecule has 3 nitrogen and oxygen atoms in total. The van der Waals surface area contributed by atoms with Gasteiger partial charge in [-0.15, -0.1) is 0 Å². The number of nitrogens with zero attached hydrogens (tertiary/aromatic N) is 1. The van der Waals surface area contributed by atoms with Gasteiger partial charge in [-0.1, -0.05) is 0 Å². The molecular weight excluding hydrogens is 183 g/mol. The molecule has 2 rings (SSSR count). The third kappa shape index (κ3) is 1.14. The van der Waals surface area contributed by atoms with Crippen LogP contribution in [0.1, 0.15) is 12.0 Å². The zero-order valence-electron chi connectivity index (χ0n) is 7.88. The summed E-state index contributed by atoms with van der Waals surface area (Å²) in [4.78, 5) is 12.7. The first-order valence-electron chi connectivity index (χ1n) is 4.44. The number of fused-ring (bicyclic) bond motifs is 1. The molecule has 0 aromatic heterocycles. The molecule has 1 amide bonds. The molecule has 0 radical (unpaired) electrons. The van der Waals surface area contributed by atoms with Gasteiger partial charge in [-0.25, -0.2) is 4.39 Å². The van der Waals surface area contributed by atoms with Crippen LogP contribution < -0.4 is 10.6 Å². The number of carbonyl (C=O) groups excluding carboxylic acids is 1. The van der Waals surface area contributed by atoms with Crippen LogP contribution in [0.15, 0.2) is 12.1 Å². The van der Waals surface area contributed by atoms with Gasteiger partial charge >= 0.3 is 0 Å². The number of anilines is 2. The second-order valence-corrected chi connectivity index (χ2v) is 3.42. The molecule has 0 saturated heterocycles. The highest BCUT2D eigenvalue weighted by molar-refractivity contribution is 5.97. The van der Waals surface area contributed by atoms with Crippen LogP contribution in [0.25, 0.3) is 0 Å². The number of nitrogens with two attached hydrogens (primary N) is 1. The van der Waals surface area contributed by atoms with Crippen LogP contribution in [0.4, 0.5) is 15.8 Å². The second kappa shape index (κ2) is 2.97. The number of hydrogen-bond acceptors (Lipinski definition) is 2. The van der Waals surface area contributed by atoms with Gasteiger partial charge in [0.2, 0.25) is 5.91 Å². The van der Waals surface area contributed by atoms with Crippen molar-refractivity contribution in [1.82, 2.24) is 0 Å². The summed E-state index contributed by atoms with van der Waals surface area (Å²) in [5, 5.41) is 0. The molecule has 0 bridgehead atoms. The maximum absolute atomic E-state index is 13.4. The van der Waals surface area contributed by atoms with Crippen molar-refractivity contribution in [2.75, 3.05) is 17.7 Å². The van der Waals surface area contributed by atoms with Crippen molar-refractivity contribution >= 4 is 17.3 Å². The van der Waals surface area contributed by atoms with Crippen molar-refractivity contribution in [1.29, 1.82) is 0 Å². The highest BCUT2D eigenvalue weighted by atomic mass is 19.1. The summed E-state index contributed by atoms with van der Waals surface area (Å²) >= 11 is 0. The van der Waals surface area contributed by atoms with Crippen LogP contribution >= 0.6 is 0 Å². The third-order valence-corrected chi connectivity index (χ3v) is 2.57. The molecule has 0 unspecified atom stereocenters. The Hall–Kier alpha value is -1.58. The van der Waals surface area contributed by atoms with E-state index in [4.69, 9.17) is 5.73 Å². The maximum atomic E-state index is 13.4. The SMILES string of the molecule is CN1C(=O)CCc2c(N)ccc(F)c21. The Balaban J connectivity index is 2.64. The van der Waals surface area contributed by atoms with Crippen LogP contribution in [0.5, 0.6) is 0 Å². The molecule has 1 aliphatic heterocycles. The Labute approximate surface area is 81.3 Å². The molecule has 0 fully saturated rings. The standard InChI is InChI=1S/C10H11FN2O/c1-13-9(14)5-2-6-8(12)4-3-7(11)10(6)13/h3-4H,2,5,12H2,1H3. The zero-order valence-corrected chi connectivity index (χ0v) is 7.88. The Kier molecular flexibility index (Phi) is 1.91. The highest BCUT2D eigenvalue weighted by Gasteiger charge is 2.25. The Morgan fingerprint density at radius 3 is 2.86 bits per heavy atom.